The Morgan fingerprint density at radius 2 is 2.00 bits per heavy atom. The second-order valence-electron chi connectivity index (χ2n) is 8.16. The van der Waals surface area contributed by atoms with Gasteiger partial charge in [-0.25, -0.2) is 14.4 Å². The molecule has 4 rings (SSSR count). The molecule has 32 heavy (non-hydrogen) atoms. The molecule has 2 heterocycles. The van der Waals surface area contributed by atoms with E-state index < -0.39 is 11.7 Å². The van der Waals surface area contributed by atoms with E-state index in [1.165, 1.54) is 18.5 Å². The molecule has 1 saturated carbocycles. The number of hydrogen-bond acceptors (Lipinski definition) is 6. The second-order valence-corrected chi connectivity index (χ2v) is 8.57. The predicted molar refractivity (Wildman–Crippen MR) is 119 cm³/mol. The topological polar surface area (TPSA) is 113 Å². The van der Waals surface area contributed by atoms with Crippen LogP contribution in [0.5, 0.6) is 0 Å². The average Bonchev–Trinajstić information content (AvgIpc) is 3.21. The number of H-pyrrole nitrogens is 1. The maximum atomic E-state index is 13.3. The lowest BCUT2D eigenvalue weighted by Crippen LogP contribution is -2.24. The highest BCUT2D eigenvalue weighted by Gasteiger charge is 2.24. The molecule has 1 fully saturated rings. The van der Waals surface area contributed by atoms with Crippen molar-refractivity contribution < 1.29 is 14.0 Å². The van der Waals surface area contributed by atoms with Gasteiger partial charge in [0.25, 0.3) is 5.91 Å². The van der Waals surface area contributed by atoms with Crippen LogP contribution < -0.4 is 10.6 Å². The molecule has 1 amide bonds. The van der Waals surface area contributed by atoms with Crippen molar-refractivity contribution in [2.24, 2.45) is 11.8 Å². The van der Waals surface area contributed by atoms with Crippen LogP contribution in [0, 0.1) is 17.7 Å². The molecule has 1 aromatic carbocycles. The Morgan fingerprint density at radius 1 is 1.22 bits per heavy atom. The van der Waals surface area contributed by atoms with Crippen molar-refractivity contribution in [3.05, 3.63) is 46.6 Å². The number of carbonyl (C=O) groups is 2. The number of fused-ring (bicyclic) bond motifs is 1. The highest BCUT2D eigenvalue weighted by atomic mass is 35.5. The van der Waals surface area contributed by atoms with E-state index in [2.05, 4.69) is 30.8 Å². The fourth-order valence-corrected chi connectivity index (χ4v) is 4.26. The molecule has 0 atom stereocenters. The number of aromatic nitrogens is 4. The van der Waals surface area contributed by atoms with Crippen molar-refractivity contribution in [2.75, 3.05) is 11.9 Å². The largest absolute Gasteiger partial charge is 0.367 e. The summed E-state index contributed by atoms with van der Waals surface area (Å²) in [6, 6.07) is 4.28. The lowest BCUT2D eigenvalue weighted by Gasteiger charge is -2.27. The molecule has 1 aliphatic carbocycles. The van der Waals surface area contributed by atoms with Crippen LogP contribution in [0.3, 0.4) is 0 Å². The highest BCUT2D eigenvalue weighted by Crippen LogP contribution is 2.30. The van der Waals surface area contributed by atoms with Gasteiger partial charge in [-0.05, 0) is 56.2 Å². The zero-order valence-electron chi connectivity index (χ0n) is 17.6. The first-order chi connectivity index (χ1) is 15.4. The molecular weight excluding hydrogens is 435 g/mol. The number of ketones is 1. The molecule has 0 bridgehead atoms. The van der Waals surface area contributed by atoms with Gasteiger partial charge in [-0.15, -0.1) is 0 Å². The van der Waals surface area contributed by atoms with Crippen LogP contribution in [0.4, 0.5) is 10.2 Å². The molecule has 10 heteroatoms. The number of rotatable bonds is 7. The monoisotopic (exact) mass is 458 g/mol. The number of carbonyl (C=O) groups excluding carboxylic acids is 2. The number of Topliss-reactive ketones (excluding diaryl/α,β-unsaturated/α-hetero) is 1. The minimum Gasteiger partial charge on any atom is -0.367 e. The summed E-state index contributed by atoms with van der Waals surface area (Å²) in [4.78, 5) is 32.6. The number of amides is 1. The number of nitrogens with one attached hydrogen (secondary N) is 3. The molecule has 0 radical (unpaired) electrons. The Kier molecular flexibility index (Phi) is 6.64. The van der Waals surface area contributed by atoms with Gasteiger partial charge in [0.05, 0.1) is 5.02 Å². The Bertz CT molecular complexity index is 1140. The SMILES string of the molecule is CC(=O)C1CCC(CNc2n[nH]c3c(C(=O)NCc4ccc(F)c(Cl)c4)ncnc23)CC1. The fraction of sp³-hybridized carbons (Fsp3) is 0.409. The van der Waals surface area contributed by atoms with Crippen LogP contribution in [-0.4, -0.2) is 38.4 Å². The standard InChI is InChI=1S/C22H24ClFN6O2/c1-12(31)15-5-2-13(3-6-15)9-25-21-19-18(29-30-21)20(28-11-27-19)22(32)26-10-14-4-7-17(24)16(23)8-14/h4,7-8,11,13,15H,2-3,5-6,9-10H2,1H3,(H,26,32)(H2,25,29,30). The summed E-state index contributed by atoms with van der Waals surface area (Å²) in [5.74, 6) is 0.580. The van der Waals surface area contributed by atoms with E-state index in [1.807, 2.05) is 0 Å². The molecule has 0 spiro atoms. The van der Waals surface area contributed by atoms with Crippen LogP contribution in [0.1, 0.15) is 48.7 Å². The zero-order chi connectivity index (χ0) is 22.7. The maximum absolute atomic E-state index is 13.3. The third kappa shape index (κ3) is 4.88. The molecule has 8 nitrogen and oxygen atoms in total. The van der Waals surface area contributed by atoms with Crippen molar-refractivity contribution in [2.45, 2.75) is 39.2 Å². The third-order valence-electron chi connectivity index (χ3n) is 5.98. The number of anilines is 1. The van der Waals surface area contributed by atoms with E-state index >= 15 is 0 Å². The van der Waals surface area contributed by atoms with Gasteiger partial charge in [-0.3, -0.25) is 14.7 Å². The van der Waals surface area contributed by atoms with Gasteiger partial charge < -0.3 is 10.6 Å². The molecule has 3 N–H and O–H groups in total. The van der Waals surface area contributed by atoms with Crippen molar-refractivity contribution in [1.82, 2.24) is 25.5 Å². The van der Waals surface area contributed by atoms with Crippen LogP contribution in [0.15, 0.2) is 24.5 Å². The normalized spacial score (nSPS) is 18.5. The van der Waals surface area contributed by atoms with Gasteiger partial charge in [0, 0.05) is 19.0 Å². The molecule has 1 aliphatic rings. The summed E-state index contributed by atoms with van der Waals surface area (Å²) >= 11 is 5.79. The van der Waals surface area contributed by atoms with Crippen molar-refractivity contribution in [1.29, 1.82) is 0 Å². The van der Waals surface area contributed by atoms with E-state index in [4.69, 9.17) is 11.6 Å². The van der Waals surface area contributed by atoms with Crippen LogP contribution >= 0.6 is 11.6 Å². The molecule has 0 unspecified atom stereocenters. The van der Waals surface area contributed by atoms with Crippen molar-refractivity contribution in [3.63, 3.8) is 0 Å². The Balaban J connectivity index is 1.39. The van der Waals surface area contributed by atoms with Gasteiger partial charge in [-0.2, -0.15) is 5.10 Å². The lowest BCUT2D eigenvalue weighted by atomic mass is 9.80. The highest BCUT2D eigenvalue weighted by molar-refractivity contribution is 6.30. The van der Waals surface area contributed by atoms with E-state index in [9.17, 15) is 14.0 Å². The Morgan fingerprint density at radius 3 is 2.72 bits per heavy atom. The molecule has 0 saturated heterocycles. The Labute approximate surface area is 189 Å². The van der Waals surface area contributed by atoms with E-state index in [1.54, 1.807) is 13.0 Å². The quantitative estimate of drug-likeness (QED) is 0.495. The molecule has 168 valence electrons. The van der Waals surface area contributed by atoms with Crippen LogP contribution in [-0.2, 0) is 11.3 Å². The minimum absolute atomic E-state index is 0.000222. The van der Waals surface area contributed by atoms with Gasteiger partial charge in [-0.1, -0.05) is 17.7 Å². The van der Waals surface area contributed by atoms with Gasteiger partial charge in [0.1, 0.15) is 29.0 Å². The maximum Gasteiger partial charge on any atom is 0.272 e. The van der Waals surface area contributed by atoms with Gasteiger partial charge in [0.2, 0.25) is 0 Å². The van der Waals surface area contributed by atoms with Gasteiger partial charge >= 0.3 is 0 Å². The zero-order valence-corrected chi connectivity index (χ0v) is 18.4. The summed E-state index contributed by atoms with van der Waals surface area (Å²) in [5, 5.41) is 13.2. The smallest absolute Gasteiger partial charge is 0.272 e. The predicted octanol–water partition coefficient (Wildman–Crippen LogP) is 3.88. The number of benzene rings is 1. The van der Waals surface area contributed by atoms with Crippen LogP contribution in [0.25, 0.3) is 11.0 Å². The fourth-order valence-electron chi connectivity index (χ4n) is 4.06. The number of halogens is 2. The first-order valence-electron chi connectivity index (χ1n) is 10.6. The Hall–Kier alpha value is -3.07. The van der Waals surface area contributed by atoms with E-state index in [0.717, 1.165) is 32.2 Å². The average molecular weight is 459 g/mol. The van der Waals surface area contributed by atoms with E-state index in [-0.39, 0.29) is 29.0 Å². The van der Waals surface area contributed by atoms with Crippen molar-refractivity contribution >= 4 is 40.1 Å². The first-order valence-corrected chi connectivity index (χ1v) is 11.0. The van der Waals surface area contributed by atoms with Gasteiger partial charge in [0.15, 0.2) is 11.5 Å². The first kappa shape index (κ1) is 22.1. The molecular formula is C22H24ClFN6O2. The lowest BCUT2D eigenvalue weighted by molar-refractivity contribution is -0.121. The summed E-state index contributed by atoms with van der Waals surface area (Å²) < 4.78 is 13.3. The third-order valence-corrected chi connectivity index (χ3v) is 6.27. The summed E-state index contributed by atoms with van der Waals surface area (Å²) in [5.41, 5.74) is 1.81. The van der Waals surface area contributed by atoms with Crippen LogP contribution in [0.2, 0.25) is 5.02 Å². The summed E-state index contributed by atoms with van der Waals surface area (Å²) in [7, 11) is 0. The van der Waals surface area contributed by atoms with Crippen molar-refractivity contribution in [3.8, 4) is 0 Å². The number of aromatic amines is 1. The molecule has 2 aromatic heterocycles. The van der Waals surface area contributed by atoms with E-state index in [0.29, 0.717) is 28.3 Å². The molecule has 3 aromatic rings. The summed E-state index contributed by atoms with van der Waals surface area (Å²) in [6.07, 6.45) is 5.17. The summed E-state index contributed by atoms with van der Waals surface area (Å²) in [6.45, 7) is 2.56. The number of nitrogens with zero attached hydrogens (tertiary/aromatic N) is 3. The minimum atomic E-state index is -0.511. The number of hydrogen-bond donors (Lipinski definition) is 3. The second kappa shape index (κ2) is 9.60. The molecule has 0 aliphatic heterocycles.